The van der Waals surface area contributed by atoms with Crippen molar-refractivity contribution in [3.63, 3.8) is 0 Å². The molecule has 0 radical (unpaired) electrons. The molecule has 6 nitrogen and oxygen atoms in total. The molecular formula is C13H11FN4O2S. The Morgan fingerprint density at radius 2 is 1.90 bits per heavy atom. The van der Waals surface area contributed by atoms with Crippen LogP contribution >= 0.6 is 0 Å². The maximum atomic E-state index is 13.2. The first kappa shape index (κ1) is 14.8. The Hall–Kier alpha value is -2.63. The molecule has 0 aliphatic carbocycles. The number of nitrogens with two attached hydrogens (primary N) is 1. The zero-order chi connectivity index (χ0) is 15.5. The van der Waals surface area contributed by atoms with Crippen molar-refractivity contribution in [1.29, 1.82) is 5.26 Å². The van der Waals surface area contributed by atoms with Crippen LogP contribution in [0.3, 0.4) is 0 Å². The van der Waals surface area contributed by atoms with Gasteiger partial charge in [0.1, 0.15) is 16.8 Å². The maximum Gasteiger partial charge on any atom is 0.264 e. The lowest BCUT2D eigenvalue weighted by Crippen LogP contribution is -2.17. The molecule has 21 heavy (non-hydrogen) atoms. The molecule has 8 heteroatoms. The number of nitrogens with one attached hydrogen (secondary N) is 2. The molecule has 0 unspecified atom stereocenters. The third-order valence-corrected chi connectivity index (χ3v) is 4.11. The number of anilines is 2. The highest BCUT2D eigenvalue weighted by Crippen LogP contribution is 2.23. The fraction of sp³-hybridized carbons (Fsp3) is 0. The van der Waals surface area contributed by atoms with Gasteiger partial charge in [0.2, 0.25) is 0 Å². The van der Waals surface area contributed by atoms with E-state index >= 15 is 0 Å². The fourth-order valence-electron chi connectivity index (χ4n) is 1.70. The van der Waals surface area contributed by atoms with Gasteiger partial charge in [0, 0.05) is 0 Å². The molecule has 0 atom stereocenters. The first-order valence-electron chi connectivity index (χ1n) is 5.76. The van der Waals surface area contributed by atoms with Crippen LogP contribution in [0.15, 0.2) is 47.4 Å². The maximum absolute atomic E-state index is 13.2. The van der Waals surface area contributed by atoms with Gasteiger partial charge in [0.05, 0.1) is 16.9 Å². The van der Waals surface area contributed by atoms with E-state index in [-0.39, 0.29) is 21.8 Å². The molecule has 2 aromatic rings. The standard InChI is InChI=1S/C13H11FN4O2S/c14-11-6-5-10(7-9(11)8-15)18-21(19,20)13-4-2-1-3-12(13)17-16/h1-7,17-18H,16H2. The van der Waals surface area contributed by atoms with Crippen LogP contribution in [0, 0.1) is 17.1 Å². The van der Waals surface area contributed by atoms with E-state index in [1.54, 1.807) is 18.2 Å². The quantitative estimate of drug-likeness (QED) is 0.589. The molecule has 0 aromatic heterocycles. The van der Waals surface area contributed by atoms with Crippen LogP contribution in [-0.2, 0) is 10.0 Å². The van der Waals surface area contributed by atoms with Crippen molar-refractivity contribution in [2.24, 2.45) is 5.84 Å². The predicted molar refractivity (Wildman–Crippen MR) is 76.2 cm³/mol. The van der Waals surface area contributed by atoms with E-state index in [2.05, 4.69) is 10.1 Å². The molecular weight excluding hydrogens is 295 g/mol. The molecule has 2 aromatic carbocycles. The fourth-order valence-corrected chi connectivity index (χ4v) is 2.93. The van der Waals surface area contributed by atoms with Gasteiger partial charge in [0.25, 0.3) is 10.0 Å². The average Bonchev–Trinajstić information content (AvgIpc) is 2.49. The van der Waals surface area contributed by atoms with E-state index in [4.69, 9.17) is 11.1 Å². The van der Waals surface area contributed by atoms with E-state index in [1.807, 2.05) is 0 Å². The second kappa shape index (κ2) is 5.78. The van der Waals surface area contributed by atoms with Crippen LogP contribution in [0.5, 0.6) is 0 Å². The number of para-hydroxylation sites is 1. The number of benzene rings is 2. The molecule has 0 spiro atoms. The Balaban J connectivity index is 2.40. The smallest absolute Gasteiger partial charge is 0.264 e. The summed E-state index contributed by atoms with van der Waals surface area (Å²) in [5.74, 6) is 4.55. The average molecular weight is 306 g/mol. The Morgan fingerprint density at radius 3 is 2.57 bits per heavy atom. The first-order chi connectivity index (χ1) is 9.97. The Labute approximate surface area is 121 Å². The van der Waals surface area contributed by atoms with E-state index in [1.165, 1.54) is 18.2 Å². The number of nitrogen functional groups attached to an aromatic ring is 1. The van der Waals surface area contributed by atoms with Gasteiger partial charge < -0.3 is 5.43 Å². The first-order valence-corrected chi connectivity index (χ1v) is 7.24. The zero-order valence-corrected chi connectivity index (χ0v) is 11.5. The van der Waals surface area contributed by atoms with Gasteiger partial charge in [-0.3, -0.25) is 10.6 Å². The summed E-state index contributed by atoms with van der Waals surface area (Å²) in [6.45, 7) is 0. The van der Waals surface area contributed by atoms with Gasteiger partial charge in [-0.1, -0.05) is 12.1 Å². The minimum Gasteiger partial charge on any atom is -0.323 e. The van der Waals surface area contributed by atoms with Crippen LogP contribution in [0.2, 0.25) is 0 Å². The third-order valence-electron chi connectivity index (χ3n) is 2.67. The second-order valence-electron chi connectivity index (χ2n) is 4.05. The number of hydrogen-bond donors (Lipinski definition) is 3. The Kier molecular flexibility index (Phi) is 4.07. The summed E-state index contributed by atoms with van der Waals surface area (Å²) >= 11 is 0. The van der Waals surface area contributed by atoms with Crippen molar-refractivity contribution in [2.75, 3.05) is 10.1 Å². The molecule has 0 saturated heterocycles. The summed E-state index contributed by atoms with van der Waals surface area (Å²) in [7, 11) is -3.92. The minimum atomic E-state index is -3.92. The Morgan fingerprint density at radius 1 is 1.19 bits per heavy atom. The number of halogens is 1. The van der Waals surface area contributed by atoms with Gasteiger partial charge in [-0.05, 0) is 30.3 Å². The highest BCUT2D eigenvalue weighted by atomic mass is 32.2. The summed E-state index contributed by atoms with van der Waals surface area (Å²) in [6.07, 6.45) is 0. The lowest BCUT2D eigenvalue weighted by molar-refractivity contribution is 0.601. The summed E-state index contributed by atoms with van der Waals surface area (Å²) < 4.78 is 40.1. The molecule has 0 saturated carbocycles. The number of hydrogen-bond acceptors (Lipinski definition) is 5. The minimum absolute atomic E-state index is 0.0599. The summed E-state index contributed by atoms with van der Waals surface area (Å²) in [4.78, 5) is -0.0599. The lowest BCUT2D eigenvalue weighted by atomic mass is 10.2. The predicted octanol–water partition coefficient (Wildman–Crippen LogP) is 1.78. The molecule has 2 rings (SSSR count). The molecule has 0 bridgehead atoms. The van der Waals surface area contributed by atoms with E-state index < -0.39 is 15.8 Å². The van der Waals surface area contributed by atoms with Gasteiger partial charge in [-0.2, -0.15) is 5.26 Å². The normalized spacial score (nSPS) is 10.7. The van der Waals surface area contributed by atoms with Crippen LogP contribution in [0.1, 0.15) is 5.56 Å². The monoisotopic (exact) mass is 306 g/mol. The highest BCUT2D eigenvalue weighted by molar-refractivity contribution is 7.92. The van der Waals surface area contributed by atoms with Gasteiger partial charge in [-0.25, -0.2) is 12.8 Å². The van der Waals surface area contributed by atoms with Crippen molar-refractivity contribution < 1.29 is 12.8 Å². The summed E-state index contributed by atoms with van der Waals surface area (Å²) in [5, 5.41) is 8.75. The number of hydrazine groups is 1. The van der Waals surface area contributed by atoms with Gasteiger partial charge in [0.15, 0.2) is 0 Å². The Bertz CT molecular complexity index is 815. The second-order valence-corrected chi connectivity index (χ2v) is 5.70. The van der Waals surface area contributed by atoms with Crippen molar-refractivity contribution in [3.05, 3.63) is 53.8 Å². The molecule has 0 fully saturated rings. The van der Waals surface area contributed by atoms with Gasteiger partial charge >= 0.3 is 0 Å². The third kappa shape index (κ3) is 3.10. The molecule has 0 aliphatic heterocycles. The van der Waals surface area contributed by atoms with Gasteiger partial charge in [-0.15, -0.1) is 0 Å². The van der Waals surface area contributed by atoms with Crippen LogP contribution in [0.4, 0.5) is 15.8 Å². The van der Waals surface area contributed by atoms with Crippen molar-refractivity contribution in [1.82, 2.24) is 0 Å². The van der Waals surface area contributed by atoms with E-state index in [9.17, 15) is 12.8 Å². The number of sulfonamides is 1. The van der Waals surface area contributed by atoms with E-state index in [0.717, 1.165) is 12.1 Å². The molecule has 0 aliphatic rings. The highest BCUT2D eigenvalue weighted by Gasteiger charge is 2.18. The van der Waals surface area contributed by atoms with Crippen molar-refractivity contribution in [3.8, 4) is 6.07 Å². The zero-order valence-electron chi connectivity index (χ0n) is 10.7. The molecule has 0 heterocycles. The number of rotatable bonds is 4. The van der Waals surface area contributed by atoms with Crippen LogP contribution in [-0.4, -0.2) is 8.42 Å². The largest absolute Gasteiger partial charge is 0.323 e. The molecule has 0 amide bonds. The SMILES string of the molecule is N#Cc1cc(NS(=O)(=O)c2ccccc2NN)ccc1F. The van der Waals surface area contributed by atoms with Crippen LogP contribution in [0.25, 0.3) is 0 Å². The van der Waals surface area contributed by atoms with E-state index in [0.29, 0.717) is 0 Å². The molecule has 108 valence electrons. The summed E-state index contributed by atoms with van der Waals surface area (Å²) in [6, 6.07) is 11.0. The van der Waals surface area contributed by atoms with Crippen LogP contribution < -0.4 is 16.0 Å². The summed E-state index contributed by atoms with van der Waals surface area (Å²) in [5.41, 5.74) is 2.34. The number of nitrogens with zero attached hydrogens (tertiary/aromatic N) is 1. The topological polar surface area (TPSA) is 108 Å². The van der Waals surface area contributed by atoms with Crippen molar-refractivity contribution >= 4 is 21.4 Å². The number of nitriles is 1. The van der Waals surface area contributed by atoms with Crippen molar-refractivity contribution in [2.45, 2.75) is 4.90 Å². The molecule has 4 N–H and O–H groups in total. The lowest BCUT2D eigenvalue weighted by Gasteiger charge is -2.12.